The molecule has 3 N–H and O–H groups in total. The van der Waals surface area contributed by atoms with E-state index >= 15 is 0 Å². The van der Waals surface area contributed by atoms with Crippen LogP contribution in [-0.4, -0.2) is 29.1 Å². The first kappa shape index (κ1) is 12.2. The minimum atomic E-state index is -0.956. The fraction of sp³-hybridized carbons (Fsp3) is 0.429. The van der Waals surface area contributed by atoms with E-state index < -0.39 is 18.1 Å². The summed E-state index contributed by atoms with van der Waals surface area (Å²) in [7, 11) is 0. The number of carboxylic acid groups (broad SMARTS) is 1. The van der Waals surface area contributed by atoms with Gasteiger partial charge in [-0.2, -0.15) is 0 Å². The summed E-state index contributed by atoms with van der Waals surface area (Å²) in [4.78, 5) is 25.2. The summed E-state index contributed by atoms with van der Waals surface area (Å²) < 4.78 is 0. The summed E-state index contributed by atoms with van der Waals surface area (Å²) in [6.45, 7) is 0. The Morgan fingerprint density at radius 2 is 1.89 bits per heavy atom. The van der Waals surface area contributed by atoms with E-state index in [1.807, 2.05) is 18.2 Å². The summed E-state index contributed by atoms with van der Waals surface area (Å²) in [6.07, 6.45) is 2.43. The van der Waals surface area contributed by atoms with Gasteiger partial charge in [-0.3, -0.25) is 9.69 Å². The molecule has 0 saturated heterocycles. The molecule has 0 saturated carbocycles. The van der Waals surface area contributed by atoms with Gasteiger partial charge in [-0.15, -0.1) is 0 Å². The van der Waals surface area contributed by atoms with Crippen LogP contribution in [0.5, 0.6) is 0 Å². The molecule has 1 aromatic rings. The molecule has 1 aromatic carbocycles. The Balaban J connectivity index is 2.19. The van der Waals surface area contributed by atoms with Gasteiger partial charge >= 0.3 is 5.97 Å². The van der Waals surface area contributed by atoms with Crippen LogP contribution in [0.1, 0.15) is 24.0 Å². The Morgan fingerprint density at radius 1 is 1.26 bits per heavy atom. The number of aliphatic carboxylic acids is 1. The zero-order chi connectivity index (χ0) is 13.6. The molecule has 0 fully saturated rings. The van der Waals surface area contributed by atoms with Gasteiger partial charge in [0.1, 0.15) is 6.04 Å². The van der Waals surface area contributed by atoms with Crippen LogP contribution in [0, 0.1) is 0 Å². The lowest BCUT2D eigenvalue weighted by Gasteiger charge is -2.36. The van der Waals surface area contributed by atoms with E-state index in [2.05, 4.69) is 0 Å². The van der Waals surface area contributed by atoms with Crippen molar-refractivity contribution in [3.63, 3.8) is 0 Å². The Kier molecular flexibility index (Phi) is 2.78. The van der Waals surface area contributed by atoms with Crippen LogP contribution < -0.4 is 10.6 Å². The van der Waals surface area contributed by atoms with Gasteiger partial charge in [-0.1, -0.05) is 18.2 Å². The van der Waals surface area contributed by atoms with Crippen molar-refractivity contribution >= 4 is 17.6 Å². The van der Waals surface area contributed by atoms with Gasteiger partial charge in [0, 0.05) is 0 Å². The van der Waals surface area contributed by atoms with E-state index in [0.29, 0.717) is 19.3 Å². The molecular formula is C14H16N2O3. The minimum absolute atomic E-state index is 0.265. The van der Waals surface area contributed by atoms with Crippen molar-refractivity contribution < 1.29 is 14.7 Å². The second-order valence-corrected chi connectivity index (χ2v) is 5.17. The van der Waals surface area contributed by atoms with E-state index in [4.69, 9.17) is 5.73 Å². The standard InChI is InChI=1S/C14H16N2O3/c15-10-6-4-8-2-1-3-9-5-7-11(14(18)19)16(12(8)9)13(10)17/h1-3,10-11H,4-7,15H2,(H,18,19). The smallest absolute Gasteiger partial charge is 0.326 e. The minimum Gasteiger partial charge on any atom is -0.480 e. The topological polar surface area (TPSA) is 83.6 Å². The third kappa shape index (κ3) is 1.81. The summed E-state index contributed by atoms with van der Waals surface area (Å²) >= 11 is 0. The quantitative estimate of drug-likeness (QED) is 0.778. The van der Waals surface area contributed by atoms with E-state index in [0.717, 1.165) is 23.2 Å². The van der Waals surface area contributed by atoms with E-state index in [1.165, 1.54) is 4.90 Å². The molecule has 5 nitrogen and oxygen atoms in total. The summed E-state index contributed by atoms with van der Waals surface area (Å²) in [5, 5.41) is 9.34. The highest BCUT2D eigenvalue weighted by atomic mass is 16.4. The molecule has 2 heterocycles. The molecule has 0 aromatic heterocycles. The number of carbonyl (C=O) groups is 2. The monoisotopic (exact) mass is 260 g/mol. The molecule has 3 rings (SSSR count). The van der Waals surface area contributed by atoms with Crippen LogP contribution in [0.3, 0.4) is 0 Å². The van der Waals surface area contributed by atoms with Gasteiger partial charge in [0.2, 0.25) is 5.91 Å². The molecule has 0 radical (unpaired) electrons. The number of carboxylic acids is 1. The van der Waals surface area contributed by atoms with Crippen molar-refractivity contribution in [1.82, 2.24) is 0 Å². The number of amides is 1. The molecule has 0 bridgehead atoms. The van der Waals surface area contributed by atoms with Gasteiger partial charge in [-0.05, 0) is 36.8 Å². The van der Waals surface area contributed by atoms with Crippen molar-refractivity contribution in [3.8, 4) is 0 Å². The van der Waals surface area contributed by atoms with Crippen LogP contribution in [0.15, 0.2) is 18.2 Å². The third-order valence-electron chi connectivity index (χ3n) is 4.01. The molecule has 100 valence electrons. The van der Waals surface area contributed by atoms with E-state index in [-0.39, 0.29) is 5.91 Å². The molecule has 0 spiro atoms. The largest absolute Gasteiger partial charge is 0.480 e. The van der Waals surface area contributed by atoms with Crippen molar-refractivity contribution in [1.29, 1.82) is 0 Å². The normalized spacial score (nSPS) is 25.7. The number of para-hydroxylation sites is 1. The van der Waals surface area contributed by atoms with E-state index in [1.54, 1.807) is 0 Å². The molecule has 2 atom stereocenters. The third-order valence-corrected chi connectivity index (χ3v) is 4.01. The fourth-order valence-electron chi connectivity index (χ4n) is 3.05. The molecule has 2 aliphatic heterocycles. The lowest BCUT2D eigenvalue weighted by molar-refractivity contribution is -0.140. The fourth-order valence-corrected chi connectivity index (χ4v) is 3.05. The predicted molar refractivity (Wildman–Crippen MR) is 70.0 cm³/mol. The Labute approximate surface area is 111 Å². The van der Waals surface area contributed by atoms with Crippen molar-refractivity contribution in [3.05, 3.63) is 29.3 Å². The average molecular weight is 260 g/mol. The average Bonchev–Trinajstić information content (AvgIpc) is 2.53. The first-order valence-electron chi connectivity index (χ1n) is 6.52. The van der Waals surface area contributed by atoms with Gasteiger partial charge in [0.15, 0.2) is 0 Å². The van der Waals surface area contributed by atoms with Crippen LogP contribution in [0.4, 0.5) is 5.69 Å². The lowest BCUT2D eigenvalue weighted by Crippen LogP contribution is -2.53. The molecule has 2 aliphatic rings. The summed E-state index contributed by atoms with van der Waals surface area (Å²) in [5.74, 6) is -1.22. The van der Waals surface area contributed by atoms with Gasteiger partial charge in [0.05, 0.1) is 11.7 Å². The zero-order valence-electron chi connectivity index (χ0n) is 10.5. The van der Waals surface area contributed by atoms with Crippen LogP contribution in [0.25, 0.3) is 0 Å². The maximum atomic E-state index is 12.4. The van der Waals surface area contributed by atoms with E-state index in [9.17, 15) is 14.7 Å². The SMILES string of the molecule is NC1CCc2cccc3c2N(C1=O)C(C(=O)O)CC3. The molecular weight excluding hydrogens is 244 g/mol. The van der Waals surface area contributed by atoms with Crippen LogP contribution >= 0.6 is 0 Å². The molecule has 19 heavy (non-hydrogen) atoms. The number of hydrogen-bond acceptors (Lipinski definition) is 3. The molecule has 2 unspecified atom stereocenters. The van der Waals surface area contributed by atoms with Gasteiger partial charge < -0.3 is 10.8 Å². The predicted octanol–water partition coefficient (Wildman–Crippen LogP) is 0.692. The summed E-state index contributed by atoms with van der Waals surface area (Å²) in [5.41, 5.74) is 8.75. The lowest BCUT2D eigenvalue weighted by atomic mass is 9.92. The number of hydrogen-bond donors (Lipinski definition) is 2. The number of nitrogens with two attached hydrogens (primary N) is 1. The Hall–Kier alpha value is -1.88. The van der Waals surface area contributed by atoms with Crippen molar-refractivity contribution in [2.24, 2.45) is 5.73 Å². The van der Waals surface area contributed by atoms with Gasteiger partial charge in [-0.25, -0.2) is 4.79 Å². The zero-order valence-corrected chi connectivity index (χ0v) is 10.5. The maximum Gasteiger partial charge on any atom is 0.326 e. The first-order valence-corrected chi connectivity index (χ1v) is 6.52. The molecule has 0 aliphatic carbocycles. The second kappa shape index (κ2) is 4.35. The Bertz CT molecular complexity index is 556. The molecule has 1 amide bonds. The van der Waals surface area contributed by atoms with Gasteiger partial charge in [0.25, 0.3) is 0 Å². The van der Waals surface area contributed by atoms with Crippen LogP contribution in [0.2, 0.25) is 0 Å². The first-order chi connectivity index (χ1) is 9.09. The van der Waals surface area contributed by atoms with Crippen molar-refractivity contribution in [2.45, 2.75) is 37.8 Å². The number of nitrogens with zero attached hydrogens (tertiary/aromatic N) is 1. The number of carbonyl (C=O) groups excluding carboxylic acids is 1. The number of benzene rings is 1. The van der Waals surface area contributed by atoms with Crippen LogP contribution in [-0.2, 0) is 22.4 Å². The number of rotatable bonds is 1. The molecule has 5 heteroatoms. The second-order valence-electron chi connectivity index (χ2n) is 5.17. The maximum absolute atomic E-state index is 12.4. The highest BCUT2D eigenvalue weighted by Crippen LogP contribution is 2.37. The number of anilines is 1. The summed E-state index contributed by atoms with van der Waals surface area (Å²) in [6, 6.07) is 4.50. The highest BCUT2D eigenvalue weighted by molar-refractivity contribution is 6.04. The van der Waals surface area contributed by atoms with Crippen molar-refractivity contribution in [2.75, 3.05) is 4.90 Å². The highest BCUT2D eigenvalue weighted by Gasteiger charge is 2.40. The number of aryl methyl sites for hydroxylation is 2. The Morgan fingerprint density at radius 3 is 2.53 bits per heavy atom.